The van der Waals surface area contributed by atoms with E-state index in [1.165, 1.54) is 6.42 Å². The van der Waals surface area contributed by atoms with Crippen molar-refractivity contribution in [3.63, 3.8) is 0 Å². The zero-order valence-corrected chi connectivity index (χ0v) is 12.7. The number of ether oxygens (including phenoxy) is 4. The maximum absolute atomic E-state index is 5.74. The summed E-state index contributed by atoms with van der Waals surface area (Å²) in [6.07, 6.45) is 6.66. The molecule has 0 amide bonds. The predicted octanol–water partition coefficient (Wildman–Crippen LogP) is 1.70. The van der Waals surface area contributed by atoms with Gasteiger partial charge in [0.05, 0.1) is 26.4 Å². The number of nitrogens with one attached hydrogen (secondary N) is 1. The molecule has 5 nitrogen and oxygen atoms in total. The summed E-state index contributed by atoms with van der Waals surface area (Å²) in [5.41, 5.74) is 0. The van der Waals surface area contributed by atoms with Crippen LogP contribution in [0.4, 0.5) is 0 Å². The number of hydrogen-bond donors (Lipinski definition) is 1. The average Bonchev–Trinajstić information content (AvgIpc) is 2.92. The van der Waals surface area contributed by atoms with E-state index in [9.17, 15) is 0 Å². The summed E-state index contributed by atoms with van der Waals surface area (Å²) >= 11 is 0. The molecule has 1 aliphatic carbocycles. The third-order valence-electron chi connectivity index (χ3n) is 4.14. The molecule has 0 unspecified atom stereocenters. The van der Waals surface area contributed by atoms with Crippen molar-refractivity contribution < 1.29 is 18.9 Å². The van der Waals surface area contributed by atoms with Crippen molar-refractivity contribution in [3.05, 3.63) is 0 Å². The van der Waals surface area contributed by atoms with E-state index in [1.807, 2.05) is 0 Å². The molecule has 0 aromatic heterocycles. The average molecular weight is 287 g/mol. The third-order valence-corrected chi connectivity index (χ3v) is 4.14. The standard InChI is InChI=1S/C15H29NO4/c1-17-10-11-18-9-3-2-8-16-14-4-6-15(7-5-14)19-12-13-20-15/h14,16H,2-13H2,1H3. The van der Waals surface area contributed by atoms with Crippen LogP contribution in [0.1, 0.15) is 38.5 Å². The molecule has 2 aliphatic rings. The summed E-state index contributed by atoms with van der Waals surface area (Å²) in [7, 11) is 1.70. The molecule has 1 aliphatic heterocycles. The summed E-state index contributed by atoms with van der Waals surface area (Å²) in [4.78, 5) is 0. The molecule has 1 saturated heterocycles. The van der Waals surface area contributed by atoms with Crippen LogP contribution < -0.4 is 5.32 Å². The maximum Gasteiger partial charge on any atom is 0.168 e. The van der Waals surface area contributed by atoms with E-state index in [4.69, 9.17) is 18.9 Å². The van der Waals surface area contributed by atoms with Crippen LogP contribution >= 0.6 is 0 Å². The lowest BCUT2D eigenvalue weighted by atomic mass is 9.90. The molecule has 1 heterocycles. The molecule has 2 fully saturated rings. The molecule has 1 spiro atoms. The van der Waals surface area contributed by atoms with Gasteiger partial charge in [-0.05, 0) is 32.2 Å². The summed E-state index contributed by atoms with van der Waals surface area (Å²) in [5.74, 6) is -0.229. The van der Waals surface area contributed by atoms with Gasteiger partial charge in [-0.2, -0.15) is 0 Å². The van der Waals surface area contributed by atoms with Crippen LogP contribution in [-0.2, 0) is 18.9 Å². The summed E-state index contributed by atoms with van der Waals surface area (Å²) < 4.78 is 21.9. The third kappa shape index (κ3) is 5.30. The van der Waals surface area contributed by atoms with Gasteiger partial charge in [-0.3, -0.25) is 0 Å². The van der Waals surface area contributed by atoms with E-state index in [0.717, 1.165) is 58.5 Å². The van der Waals surface area contributed by atoms with Crippen LogP contribution in [0.2, 0.25) is 0 Å². The van der Waals surface area contributed by atoms with Gasteiger partial charge >= 0.3 is 0 Å². The Morgan fingerprint density at radius 1 is 1.05 bits per heavy atom. The fourth-order valence-electron chi connectivity index (χ4n) is 2.93. The van der Waals surface area contributed by atoms with Gasteiger partial charge in [0.1, 0.15) is 0 Å². The van der Waals surface area contributed by atoms with Gasteiger partial charge in [0.15, 0.2) is 5.79 Å². The molecule has 5 heteroatoms. The highest BCUT2D eigenvalue weighted by Crippen LogP contribution is 2.35. The first-order chi connectivity index (χ1) is 9.85. The topological polar surface area (TPSA) is 49.0 Å². The zero-order chi connectivity index (χ0) is 14.1. The van der Waals surface area contributed by atoms with E-state index >= 15 is 0 Å². The molecule has 0 aromatic carbocycles. The number of hydrogen-bond acceptors (Lipinski definition) is 5. The number of unbranched alkanes of at least 4 members (excludes halogenated alkanes) is 1. The lowest BCUT2D eigenvalue weighted by Crippen LogP contribution is -2.42. The van der Waals surface area contributed by atoms with Crippen LogP contribution in [0, 0.1) is 0 Å². The molecular weight excluding hydrogens is 258 g/mol. The van der Waals surface area contributed by atoms with Crippen LogP contribution in [0.15, 0.2) is 0 Å². The van der Waals surface area contributed by atoms with Gasteiger partial charge in [0, 0.05) is 32.6 Å². The lowest BCUT2D eigenvalue weighted by Gasteiger charge is -2.35. The minimum atomic E-state index is -0.229. The fourth-order valence-corrected chi connectivity index (χ4v) is 2.93. The Morgan fingerprint density at radius 3 is 2.50 bits per heavy atom. The number of methoxy groups -OCH3 is 1. The highest BCUT2D eigenvalue weighted by molar-refractivity contribution is 4.85. The molecule has 2 rings (SSSR count). The van der Waals surface area contributed by atoms with Crippen molar-refractivity contribution in [2.45, 2.75) is 50.4 Å². The van der Waals surface area contributed by atoms with E-state index < -0.39 is 0 Å². The Hall–Kier alpha value is -0.200. The normalized spacial score (nSPS) is 22.6. The fraction of sp³-hybridized carbons (Fsp3) is 1.00. The van der Waals surface area contributed by atoms with Crippen molar-refractivity contribution in [2.75, 3.05) is 46.7 Å². The molecule has 0 bridgehead atoms. The Kier molecular flexibility index (Phi) is 7.24. The molecule has 20 heavy (non-hydrogen) atoms. The Labute approximate surface area is 122 Å². The summed E-state index contributed by atoms with van der Waals surface area (Å²) in [6.45, 7) is 4.83. The first-order valence-electron chi connectivity index (χ1n) is 7.93. The van der Waals surface area contributed by atoms with Gasteiger partial charge in [-0.25, -0.2) is 0 Å². The molecule has 1 saturated carbocycles. The van der Waals surface area contributed by atoms with Gasteiger partial charge in [-0.15, -0.1) is 0 Å². The zero-order valence-electron chi connectivity index (χ0n) is 12.7. The Morgan fingerprint density at radius 2 is 1.80 bits per heavy atom. The lowest BCUT2D eigenvalue weighted by molar-refractivity contribution is -0.179. The molecule has 118 valence electrons. The minimum Gasteiger partial charge on any atom is -0.382 e. The van der Waals surface area contributed by atoms with Gasteiger partial charge in [0.25, 0.3) is 0 Å². The van der Waals surface area contributed by atoms with Gasteiger partial charge in [-0.1, -0.05) is 0 Å². The Bertz CT molecular complexity index is 246. The van der Waals surface area contributed by atoms with Gasteiger partial charge < -0.3 is 24.3 Å². The maximum atomic E-state index is 5.74. The second-order valence-corrected chi connectivity index (χ2v) is 5.65. The quantitative estimate of drug-likeness (QED) is 0.654. The van der Waals surface area contributed by atoms with Crippen LogP contribution in [0.5, 0.6) is 0 Å². The monoisotopic (exact) mass is 287 g/mol. The van der Waals surface area contributed by atoms with Crippen LogP contribution in [0.25, 0.3) is 0 Å². The summed E-state index contributed by atoms with van der Waals surface area (Å²) in [5, 5.41) is 3.64. The van der Waals surface area contributed by atoms with E-state index in [-0.39, 0.29) is 5.79 Å². The summed E-state index contributed by atoms with van der Waals surface area (Å²) in [6, 6.07) is 0.628. The van der Waals surface area contributed by atoms with Crippen molar-refractivity contribution in [2.24, 2.45) is 0 Å². The molecule has 0 atom stereocenters. The Balaban J connectivity index is 1.43. The van der Waals surface area contributed by atoms with E-state index in [0.29, 0.717) is 19.3 Å². The van der Waals surface area contributed by atoms with Gasteiger partial charge in [0.2, 0.25) is 0 Å². The highest BCUT2D eigenvalue weighted by Gasteiger charge is 2.39. The molecule has 0 aromatic rings. The first kappa shape index (κ1) is 16.2. The first-order valence-corrected chi connectivity index (χ1v) is 7.93. The number of rotatable bonds is 9. The smallest absolute Gasteiger partial charge is 0.168 e. The van der Waals surface area contributed by atoms with Crippen LogP contribution in [-0.4, -0.2) is 58.5 Å². The second-order valence-electron chi connectivity index (χ2n) is 5.65. The predicted molar refractivity (Wildman–Crippen MR) is 76.8 cm³/mol. The van der Waals surface area contributed by atoms with Crippen molar-refractivity contribution >= 4 is 0 Å². The molecular formula is C15H29NO4. The highest BCUT2D eigenvalue weighted by atomic mass is 16.7. The van der Waals surface area contributed by atoms with Crippen molar-refractivity contribution in [1.29, 1.82) is 0 Å². The molecule has 1 N–H and O–H groups in total. The second kappa shape index (κ2) is 8.95. The van der Waals surface area contributed by atoms with E-state index in [2.05, 4.69) is 5.32 Å². The van der Waals surface area contributed by atoms with Crippen LogP contribution in [0.3, 0.4) is 0 Å². The largest absolute Gasteiger partial charge is 0.382 e. The molecule has 0 radical (unpaired) electrons. The SMILES string of the molecule is COCCOCCCCNC1CCC2(CC1)OCCO2. The van der Waals surface area contributed by atoms with Crippen molar-refractivity contribution in [3.8, 4) is 0 Å². The minimum absolute atomic E-state index is 0.229. The van der Waals surface area contributed by atoms with E-state index in [1.54, 1.807) is 7.11 Å². The van der Waals surface area contributed by atoms with Crippen molar-refractivity contribution in [1.82, 2.24) is 5.32 Å².